The van der Waals surface area contributed by atoms with Crippen LogP contribution in [0, 0.1) is 13.8 Å². The van der Waals surface area contributed by atoms with Crippen molar-refractivity contribution in [2.75, 3.05) is 32.7 Å². The van der Waals surface area contributed by atoms with Gasteiger partial charge in [0.15, 0.2) is 0 Å². The highest BCUT2D eigenvalue weighted by Gasteiger charge is 2.17. The zero-order chi connectivity index (χ0) is 28.9. The molecule has 4 N–H and O–H groups in total. The Morgan fingerprint density at radius 1 is 0.821 bits per heavy atom. The second-order valence-electron chi connectivity index (χ2n) is 8.55. The van der Waals surface area contributed by atoms with E-state index < -0.39 is 23.9 Å². The zero-order valence-corrected chi connectivity index (χ0v) is 21.6. The average molecular weight is 542 g/mol. The van der Waals surface area contributed by atoms with Gasteiger partial charge in [0.2, 0.25) is 5.78 Å². The van der Waals surface area contributed by atoms with Gasteiger partial charge in [-0.1, -0.05) is 42.5 Å². The molecule has 208 valence electrons. The molecule has 0 amide bonds. The van der Waals surface area contributed by atoms with Gasteiger partial charge in [-0.15, -0.1) is 0 Å². The fourth-order valence-electron chi connectivity index (χ4n) is 3.66. The van der Waals surface area contributed by atoms with E-state index >= 15 is 0 Å². The fraction of sp³-hybridized carbons (Fsp3) is 0.308. The lowest BCUT2D eigenvalue weighted by atomic mass is 10.2. The van der Waals surface area contributed by atoms with Gasteiger partial charge in [-0.05, 0) is 25.5 Å². The number of hydrogen-bond acceptors (Lipinski definition) is 8. The molecule has 0 atom stereocenters. The van der Waals surface area contributed by atoms with Gasteiger partial charge in [-0.25, -0.2) is 29.1 Å². The van der Waals surface area contributed by atoms with Gasteiger partial charge in [0, 0.05) is 56.9 Å². The number of carboxylic acid groups (broad SMARTS) is 4. The van der Waals surface area contributed by atoms with Crippen molar-refractivity contribution in [2.45, 2.75) is 20.4 Å². The molecule has 0 saturated carbocycles. The number of hydrogen-bond donors (Lipinski definition) is 4. The predicted octanol–water partition coefficient (Wildman–Crippen LogP) is 1.49. The molecule has 1 fully saturated rings. The second-order valence-corrected chi connectivity index (χ2v) is 8.55. The van der Waals surface area contributed by atoms with Crippen molar-refractivity contribution < 1.29 is 39.6 Å². The molecule has 1 aliphatic rings. The van der Waals surface area contributed by atoms with Crippen molar-refractivity contribution in [1.29, 1.82) is 0 Å². The van der Waals surface area contributed by atoms with Gasteiger partial charge in [-0.3, -0.25) is 14.2 Å². The van der Waals surface area contributed by atoms with E-state index in [0.29, 0.717) is 0 Å². The van der Waals surface area contributed by atoms with Crippen LogP contribution in [0.1, 0.15) is 22.6 Å². The lowest BCUT2D eigenvalue weighted by Crippen LogP contribution is -2.45. The standard InChI is InChI=1S/C22H27N5.2C2H2O4/c1-18-15-19(2)27-17-21(24-22(27)23-18)16-26-13-11-25(12-14-26)10-6-9-20-7-4-3-5-8-20;2*3-1(4)2(5)6/h3-9,15,17H,10-14,16H2,1-2H3;2*(H,3,4)(H,5,6)/b9-6+;;. The van der Waals surface area contributed by atoms with Gasteiger partial charge in [0.25, 0.3) is 0 Å². The number of piperazine rings is 1. The summed E-state index contributed by atoms with van der Waals surface area (Å²) in [5, 5.41) is 29.6. The van der Waals surface area contributed by atoms with Gasteiger partial charge in [0.1, 0.15) is 0 Å². The maximum atomic E-state index is 9.10. The van der Waals surface area contributed by atoms with Crippen molar-refractivity contribution >= 4 is 35.7 Å². The van der Waals surface area contributed by atoms with E-state index in [9.17, 15) is 0 Å². The molecule has 0 spiro atoms. The molecular formula is C26H31N5O8. The maximum absolute atomic E-state index is 9.10. The van der Waals surface area contributed by atoms with Crippen LogP contribution in [0.2, 0.25) is 0 Å². The highest BCUT2D eigenvalue weighted by Crippen LogP contribution is 2.12. The molecule has 13 nitrogen and oxygen atoms in total. The summed E-state index contributed by atoms with van der Waals surface area (Å²) >= 11 is 0. The summed E-state index contributed by atoms with van der Waals surface area (Å²) in [5.74, 6) is -6.48. The quantitative estimate of drug-likeness (QED) is 0.342. The van der Waals surface area contributed by atoms with E-state index in [0.717, 1.165) is 56.4 Å². The Bertz CT molecular complexity index is 1270. The van der Waals surface area contributed by atoms with Gasteiger partial charge >= 0.3 is 23.9 Å². The topological polar surface area (TPSA) is 186 Å². The summed E-state index contributed by atoms with van der Waals surface area (Å²) in [6, 6.07) is 12.6. The Hall–Kier alpha value is -4.62. The van der Waals surface area contributed by atoms with E-state index in [1.165, 1.54) is 11.3 Å². The first kappa shape index (κ1) is 30.6. The summed E-state index contributed by atoms with van der Waals surface area (Å²) in [7, 11) is 0. The largest absolute Gasteiger partial charge is 0.473 e. The third-order valence-corrected chi connectivity index (χ3v) is 5.50. The Balaban J connectivity index is 0.000000374. The number of imidazole rings is 1. The lowest BCUT2D eigenvalue weighted by Gasteiger charge is -2.33. The fourth-order valence-corrected chi connectivity index (χ4v) is 3.66. The molecule has 4 rings (SSSR count). The highest BCUT2D eigenvalue weighted by molar-refractivity contribution is 6.27. The first-order valence-corrected chi connectivity index (χ1v) is 11.9. The number of aliphatic carboxylic acids is 4. The molecule has 3 aromatic rings. The van der Waals surface area contributed by atoms with Gasteiger partial charge < -0.3 is 20.4 Å². The third-order valence-electron chi connectivity index (χ3n) is 5.50. The number of aromatic nitrogens is 3. The Morgan fingerprint density at radius 2 is 1.36 bits per heavy atom. The molecular weight excluding hydrogens is 510 g/mol. The Kier molecular flexibility index (Phi) is 11.7. The molecule has 13 heteroatoms. The Morgan fingerprint density at radius 3 is 1.90 bits per heavy atom. The first-order chi connectivity index (χ1) is 18.5. The van der Waals surface area contributed by atoms with Crippen molar-refractivity contribution in [3.8, 4) is 0 Å². The zero-order valence-electron chi connectivity index (χ0n) is 21.6. The molecule has 0 bridgehead atoms. The van der Waals surface area contributed by atoms with Crippen LogP contribution in [0.4, 0.5) is 0 Å². The van der Waals surface area contributed by atoms with Crippen LogP contribution < -0.4 is 0 Å². The first-order valence-electron chi connectivity index (χ1n) is 11.9. The van der Waals surface area contributed by atoms with Crippen LogP contribution >= 0.6 is 0 Å². The second kappa shape index (κ2) is 15.0. The molecule has 1 aliphatic heterocycles. The van der Waals surface area contributed by atoms with Crippen LogP contribution in [0.15, 0.2) is 48.7 Å². The molecule has 0 radical (unpaired) electrons. The van der Waals surface area contributed by atoms with Crippen LogP contribution in [-0.2, 0) is 25.7 Å². The minimum absolute atomic E-state index is 0.812. The van der Waals surface area contributed by atoms with Crippen molar-refractivity contribution in [1.82, 2.24) is 24.2 Å². The van der Waals surface area contributed by atoms with Crippen LogP contribution in [0.25, 0.3) is 11.9 Å². The third kappa shape index (κ3) is 10.7. The van der Waals surface area contributed by atoms with E-state index in [1.807, 2.05) is 6.92 Å². The number of nitrogens with zero attached hydrogens (tertiary/aromatic N) is 5. The predicted molar refractivity (Wildman–Crippen MR) is 140 cm³/mol. The van der Waals surface area contributed by atoms with E-state index in [2.05, 4.69) is 80.9 Å². The normalized spacial score (nSPS) is 13.7. The van der Waals surface area contributed by atoms with Gasteiger partial charge in [0.05, 0.1) is 5.69 Å². The molecule has 2 aromatic heterocycles. The van der Waals surface area contributed by atoms with Gasteiger partial charge in [-0.2, -0.15) is 0 Å². The van der Waals surface area contributed by atoms with Crippen molar-refractivity contribution in [2.24, 2.45) is 0 Å². The maximum Gasteiger partial charge on any atom is 0.414 e. The number of fused-ring (bicyclic) bond motifs is 1. The van der Waals surface area contributed by atoms with Crippen molar-refractivity contribution in [3.63, 3.8) is 0 Å². The number of rotatable bonds is 5. The number of carboxylic acids is 4. The summed E-state index contributed by atoms with van der Waals surface area (Å²) in [6.45, 7) is 10.4. The summed E-state index contributed by atoms with van der Waals surface area (Å²) in [5.41, 5.74) is 4.58. The van der Waals surface area contributed by atoms with E-state index in [-0.39, 0.29) is 0 Å². The number of aryl methyl sites for hydroxylation is 2. The monoisotopic (exact) mass is 541 g/mol. The van der Waals surface area contributed by atoms with E-state index in [1.54, 1.807) is 0 Å². The highest BCUT2D eigenvalue weighted by atomic mass is 16.4. The SMILES string of the molecule is Cc1cc(C)n2cc(CN3CCN(C/C=C/c4ccccc4)CC3)nc2n1.O=C(O)C(=O)O.O=C(O)C(=O)O. The molecule has 39 heavy (non-hydrogen) atoms. The molecule has 1 saturated heterocycles. The lowest BCUT2D eigenvalue weighted by molar-refractivity contribution is -0.159. The summed E-state index contributed by atoms with van der Waals surface area (Å²) < 4.78 is 2.09. The van der Waals surface area contributed by atoms with Crippen LogP contribution in [-0.4, -0.2) is 101 Å². The summed E-state index contributed by atoms with van der Waals surface area (Å²) in [6.07, 6.45) is 6.61. The molecule has 0 unspecified atom stereocenters. The summed E-state index contributed by atoms with van der Waals surface area (Å²) in [4.78, 5) is 50.6. The van der Waals surface area contributed by atoms with Crippen LogP contribution in [0.3, 0.4) is 0 Å². The average Bonchev–Trinajstić information content (AvgIpc) is 3.29. The van der Waals surface area contributed by atoms with Crippen molar-refractivity contribution in [3.05, 3.63) is 71.3 Å². The smallest absolute Gasteiger partial charge is 0.414 e. The Labute approximate surface area is 224 Å². The molecule has 0 aliphatic carbocycles. The van der Waals surface area contributed by atoms with E-state index in [4.69, 9.17) is 44.6 Å². The minimum Gasteiger partial charge on any atom is -0.473 e. The molecule has 3 heterocycles. The molecule has 1 aromatic carbocycles. The minimum atomic E-state index is -1.82. The number of carbonyl (C=O) groups is 4. The number of benzene rings is 1. The van der Waals surface area contributed by atoms with Crippen LogP contribution in [0.5, 0.6) is 0 Å².